The molecule has 1 rings (SSSR count). The van der Waals surface area contributed by atoms with Gasteiger partial charge in [-0.3, -0.25) is 9.59 Å². The Kier molecular flexibility index (Phi) is 3.08. The molecule has 0 aromatic carbocycles. The van der Waals surface area contributed by atoms with Crippen LogP contribution >= 0.6 is 15.9 Å². The minimum atomic E-state index is -0.407. The van der Waals surface area contributed by atoms with E-state index in [2.05, 4.69) is 27.8 Å². The van der Waals surface area contributed by atoms with Gasteiger partial charge in [0.1, 0.15) is 6.04 Å². The molecule has 1 aliphatic rings. The van der Waals surface area contributed by atoms with Gasteiger partial charge in [-0.1, -0.05) is 22.5 Å². The fourth-order valence-corrected chi connectivity index (χ4v) is 1.45. The van der Waals surface area contributed by atoms with Crippen LogP contribution in [-0.2, 0) is 9.59 Å². The molecule has 1 aliphatic heterocycles. The molecule has 1 atom stereocenters. The van der Waals surface area contributed by atoms with Crippen molar-refractivity contribution < 1.29 is 9.59 Å². The molecule has 1 unspecified atom stereocenters. The van der Waals surface area contributed by atoms with Crippen molar-refractivity contribution in [1.29, 1.82) is 0 Å². The van der Waals surface area contributed by atoms with E-state index in [1.807, 2.05) is 0 Å². The zero-order valence-corrected chi connectivity index (χ0v) is 8.93. The van der Waals surface area contributed by atoms with Gasteiger partial charge < -0.3 is 10.2 Å². The number of halogens is 1. The fraction of sp³-hybridized carbons (Fsp3) is 0.500. The lowest BCUT2D eigenvalue weighted by Crippen LogP contribution is -2.57. The quantitative estimate of drug-likeness (QED) is 0.760. The molecule has 0 aromatic rings. The van der Waals surface area contributed by atoms with Crippen LogP contribution in [0.1, 0.15) is 6.92 Å². The van der Waals surface area contributed by atoms with E-state index in [1.54, 1.807) is 6.92 Å². The van der Waals surface area contributed by atoms with Crippen LogP contribution < -0.4 is 5.32 Å². The lowest BCUT2D eigenvalue weighted by molar-refractivity contribution is -0.144. The number of hydrogen-bond acceptors (Lipinski definition) is 2. The molecule has 0 spiro atoms. The first-order chi connectivity index (χ1) is 6.02. The van der Waals surface area contributed by atoms with Gasteiger partial charge in [0, 0.05) is 4.48 Å². The third kappa shape index (κ3) is 2.30. The molecular weight excluding hydrogens is 236 g/mol. The smallest absolute Gasteiger partial charge is 0.242 e. The SMILES string of the molecule is C=C(Br)CN1C(=O)CNC(=O)C1C. The second-order valence-corrected chi connectivity index (χ2v) is 4.05. The second-order valence-electron chi connectivity index (χ2n) is 2.93. The minimum absolute atomic E-state index is 0.0762. The predicted octanol–water partition coefficient (Wildman–Crippen LogP) is 0.242. The molecule has 1 saturated heterocycles. The van der Waals surface area contributed by atoms with Gasteiger partial charge in [-0.25, -0.2) is 0 Å². The van der Waals surface area contributed by atoms with Crippen LogP contribution in [0.15, 0.2) is 11.1 Å². The summed E-state index contributed by atoms with van der Waals surface area (Å²) in [4.78, 5) is 24.0. The maximum Gasteiger partial charge on any atom is 0.242 e. The normalized spacial score (nSPS) is 22.9. The summed E-state index contributed by atoms with van der Waals surface area (Å²) in [5.74, 6) is -0.193. The summed E-state index contributed by atoms with van der Waals surface area (Å²) in [6.07, 6.45) is 0. The first kappa shape index (κ1) is 10.2. The molecule has 0 radical (unpaired) electrons. The van der Waals surface area contributed by atoms with Crippen LogP contribution in [0.4, 0.5) is 0 Å². The number of rotatable bonds is 2. The van der Waals surface area contributed by atoms with Crippen LogP contribution in [0.3, 0.4) is 0 Å². The van der Waals surface area contributed by atoms with Gasteiger partial charge >= 0.3 is 0 Å². The summed E-state index contributed by atoms with van der Waals surface area (Å²) in [5, 5.41) is 2.51. The van der Waals surface area contributed by atoms with Crippen LogP contribution in [0.5, 0.6) is 0 Å². The van der Waals surface area contributed by atoms with Crippen molar-refractivity contribution in [2.75, 3.05) is 13.1 Å². The highest BCUT2D eigenvalue weighted by Crippen LogP contribution is 2.10. The van der Waals surface area contributed by atoms with Gasteiger partial charge in [-0.15, -0.1) is 0 Å². The zero-order valence-electron chi connectivity index (χ0n) is 7.34. The Labute approximate surface area is 85.1 Å². The summed E-state index contributed by atoms with van der Waals surface area (Å²) in [6, 6.07) is -0.407. The largest absolute Gasteiger partial charge is 0.345 e. The molecule has 72 valence electrons. The van der Waals surface area contributed by atoms with Gasteiger partial charge in [0.25, 0.3) is 0 Å². The van der Waals surface area contributed by atoms with Crippen LogP contribution in [0, 0.1) is 0 Å². The third-order valence-corrected chi connectivity index (χ3v) is 2.17. The van der Waals surface area contributed by atoms with Crippen molar-refractivity contribution in [2.24, 2.45) is 0 Å². The number of carbonyl (C=O) groups excluding carboxylic acids is 2. The summed E-state index contributed by atoms with van der Waals surface area (Å²) in [7, 11) is 0. The first-order valence-electron chi connectivity index (χ1n) is 3.93. The summed E-state index contributed by atoms with van der Waals surface area (Å²) in [5.41, 5.74) is 0. The van der Waals surface area contributed by atoms with E-state index in [4.69, 9.17) is 0 Å². The van der Waals surface area contributed by atoms with E-state index in [-0.39, 0.29) is 18.4 Å². The average Bonchev–Trinajstić information content (AvgIpc) is 2.05. The number of nitrogens with zero attached hydrogens (tertiary/aromatic N) is 1. The molecule has 5 heteroatoms. The highest BCUT2D eigenvalue weighted by atomic mass is 79.9. The van der Waals surface area contributed by atoms with E-state index in [0.29, 0.717) is 11.0 Å². The van der Waals surface area contributed by atoms with Crippen molar-refractivity contribution in [3.63, 3.8) is 0 Å². The predicted molar refractivity (Wildman–Crippen MR) is 52.3 cm³/mol. The van der Waals surface area contributed by atoms with Crippen molar-refractivity contribution in [1.82, 2.24) is 10.2 Å². The summed E-state index contributed by atoms with van der Waals surface area (Å²) >= 11 is 3.16. The molecular formula is C8H11BrN2O2. The minimum Gasteiger partial charge on any atom is -0.345 e. The van der Waals surface area contributed by atoms with Gasteiger partial charge in [0.05, 0.1) is 13.1 Å². The van der Waals surface area contributed by atoms with E-state index < -0.39 is 6.04 Å². The molecule has 0 saturated carbocycles. The Morgan fingerprint density at radius 3 is 2.92 bits per heavy atom. The number of nitrogens with one attached hydrogen (secondary N) is 1. The molecule has 1 heterocycles. The fourth-order valence-electron chi connectivity index (χ4n) is 1.18. The third-order valence-electron chi connectivity index (χ3n) is 1.92. The summed E-state index contributed by atoms with van der Waals surface area (Å²) in [6.45, 7) is 5.80. The van der Waals surface area contributed by atoms with E-state index in [0.717, 1.165) is 0 Å². The van der Waals surface area contributed by atoms with E-state index in [1.165, 1.54) is 4.90 Å². The maximum atomic E-state index is 11.3. The Hall–Kier alpha value is -0.840. The standard InChI is InChI=1S/C8H11BrN2O2/c1-5(9)4-11-6(2)8(13)10-3-7(11)12/h6H,1,3-4H2,2H3,(H,10,13). The monoisotopic (exact) mass is 246 g/mol. The summed E-state index contributed by atoms with van der Waals surface area (Å²) < 4.78 is 0.697. The van der Waals surface area contributed by atoms with Crippen molar-refractivity contribution in [3.8, 4) is 0 Å². The highest BCUT2D eigenvalue weighted by Gasteiger charge is 2.30. The van der Waals surface area contributed by atoms with Crippen molar-refractivity contribution >= 4 is 27.7 Å². The molecule has 2 amide bonds. The molecule has 4 nitrogen and oxygen atoms in total. The lowest BCUT2D eigenvalue weighted by Gasteiger charge is -2.32. The molecule has 0 bridgehead atoms. The number of carbonyl (C=O) groups is 2. The number of piperazine rings is 1. The Morgan fingerprint density at radius 1 is 1.77 bits per heavy atom. The van der Waals surface area contributed by atoms with E-state index >= 15 is 0 Å². The Balaban J connectivity index is 2.72. The lowest BCUT2D eigenvalue weighted by atomic mass is 10.2. The maximum absolute atomic E-state index is 11.3. The van der Waals surface area contributed by atoms with Gasteiger partial charge in [-0.05, 0) is 6.92 Å². The van der Waals surface area contributed by atoms with E-state index in [9.17, 15) is 9.59 Å². The van der Waals surface area contributed by atoms with Crippen LogP contribution in [0.2, 0.25) is 0 Å². The molecule has 0 aliphatic carbocycles. The molecule has 13 heavy (non-hydrogen) atoms. The van der Waals surface area contributed by atoms with Crippen LogP contribution in [-0.4, -0.2) is 35.8 Å². The average molecular weight is 247 g/mol. The Bertz CT molecular complexity index is 265. The number of hydrogen-bond donors (Lipinski definition) is 1. The second kappa shape index (κ2) is 3.91. The molecule has 1 N–H and O–H groups in total. The van der Waals surface area contributed by atoms with Crippen molar-refractivity contribution in [2.45, 2.75) is 13.0 Å². The Morgan fingerprint density at radius 2 is 2.38 bits per heavy atom. The molecule has 1 fully saturated rings. The van der Waals surface area contributed by atoms with Gasteiger partial charge in [-0.2, -0.15) is 0 Å². The topological polar surface area (TPSA) is 49.4 Å². The number of amides is 2. The van der Waals surface area contributed by atoms with Crippen molar-refractivity contribution in [3.05, 3.63) is 11.1 Å². The first-order valence-corrected chi connectivity index (χ1v) is 4.72. The zero-order chi connectivity index (χ0) is 10.0. The highest BCUT2D eigenvalue weighted by molar-refractivity contribution is 9.11. The van der Waals surface area contributed by atoms with Crippen LogP contribution in [0.25, 0.3) is 0 Å². The van der Waals surface area contributed by atoms with Gasteiger partial charge in [0.15, 0.2) is 0 Å². The van der Waals surface area contributed by atoms with Gasteiger partial charge in [0.2, 0.25) is 11.8 Å². The molecule has 0 aromatic heterocycles.